The molecule has 1 aliphatic heterocycles. The Morgan fingerprint density at radius 2 is 2.15 bits per heavy atom. The number of carbonyl (C=O) groups is 1. The first-order valence-corrected chi connectivity index (χ1v) is 6.20. The number of ether oxygens (including phenoxy) is 3. The van der Waals surface area contributed by atoms with Crippen LogP contribution >= 0.6 is 0 Å². The number of hydrogen-bond donors (Lipinski definition) is 1. The molecule has 0 aromatic heterocycles. The van der Waals surface area contributed by atoms with Gasteiger partial charge in [-0.1, -0.05) is 0 Å². The summed E-state index contributed by atoms with van der Waals surface area (Å²) in [5.74, 6) is 0.678. The zero-order chi connectivity index (χ0) is 14.6. The first-order chi connectivity index (χ1) is 9.58. The second-order valence-corrected chi connectivity index (χ2v) is 4.61. The Balaban J connectivity index is 1.97. The molecule has 1 aromatic carbocycles. The lowest BCUT2D eigenvalue weighted by atomic mass is 10.1. The van der Waals surface area contributed by atoms with E-state index >= 15 is 0 Å². The van der Waals surface area contributed by atoms with Gasteiger partial charge in [0.2, 0.25) is 0 Å². The maximum atomic E-state index is 11.9. The highest BCUT2D eigenvalue weighted by Crippen LogP contribution is 2.20. The van der Waals surface area contributed by atoms with Crippen molar-refractivity contribution in [3.8, 4) is 5.75 Å². The average molecular weight is 279 g/mol. The van der Waals surface area contributed by atoms with E-state index in [1.165, 1.54) is 0 Å². The number of benzene rings is 1. The second kappa shape index (κ2) is 5.92. The second-order valence-electron chi connectivity index (χ2n) is 4.61. The molecule has 0 saturated carbocycles. The molecule has 6 heteroatoms. The molecule has 1 aromatic rings. The molecular weight excluding hydrogens is 262 g/mol. The normalized spacial score (nSPS) is 21.1. The quantitative estimate of drug-likeness (QED) is 0.815. The molecule has 6 nitrogen and oxygen atoms in total. The molecule has 0 amide bonds. The fourth-order valence-electron chi connectivity index (χ4n) is 1.85. The Labute approximate surface area is 117 Å². The van der Waals surface area contributed by atoms with Gasteiger partial charge in [-0.15, -0.1) is 0 Å². The summed E-state index contributed by atoms with van der Waals surface area (Å²) in [7, 11) is 1.55. The van der Waals surface area contributed by atoms with Crippen LogP contribution in [0.5, 0.6) is 5.75 Å². The van der Waals surface area contributed by atoms with Crippen molar-refractivity contribution in [2.75, 3.05) is 26.9 Å². The number of aliphatic hydroxyl groups is 1. The number of aliphatic imine (C=N–C) groups is 1. The fourth-order valence-corrected chi connectivity index (χ4v) is 1.85. The summed E-state index contributed by atoms with van der Waals surface area (Å²) in [5, 5.41) is 9.39. The number of hydrogen-bond acceptors (Lipinski definition) is 6. The van der Waals surface area contributed by atoms with Gasteiger partial charge in [0.1, 0.15) is 19.0 Å². The van der Waals surface area contributed by atoms with Crippen LogP contribution in [0, 0.1) is 0 Å². The molecule has 1 unspecified atom stereocenters. The number of nitrogens with zero attached hydrogens (tertiary/aromatic N) is 1. The van der Waals surface area contributed by atoms with Crippen molar-refractivity contribution in [2.24, 2.45) is 4.99 Å². The first kappa shape index (κ1) is 14.3. The Kier molecular flexibility index (Phi) is 4.24. The first-order valence-electron chi connectivity index (χ1n) is 6.20. The van der Waals surface area contributed by atoms with Gasteiger partial charge in [-0.25, -0.2) is 9.79 Å². The lowest BCUT2D eigenvalue weighted by molar-refractivity contribution is 0.0292. The van der Waals surface area contributed by atoms with Gasteiger partial charge in [-0.3, -0.25) is 0 Å². The maximum Gasteiger partial charge on any atom is 0.338 e. The summed E-state index contributed by atoms with van der Waals surface area (Å²) in [6, 6.07) is 6.59. The Morgan fingerprint density at radius 1 is 1.45 bits per heavy atom. The molecule has 2 rings (SSSR count). The van der Waals surface area contributed by atoms with E-state index in [-0.39, 0.29) is 19.8 Å². The molecule has 0 bridgehead atoms. The SMILES string of the molecule is COc1ccc(C(=O)OCC2(CO)COC(C)=N2)cc1. The third-order valence-electron chi connectivity index (χ3n) is 3.04. The minimum Gasteiger partial charge on any atom is -0.497 e. The van der Waals surface area contributed by atoms with E-state index in [2.05, 4.69) is 4.99 Å². The van der Waals surface area contributed by atoms with E-state index in [0.717, 1.165) is 0 Å². The van der Waals surface area contributed by atoms with Crippen molar-refractivity contribution in [1.29, 1.82) is 0 Å². The van der Waals surface area contributed by atoms with E-state index in [4.69, 9.17) is 14.2 Å². The van der Waals surface area contributed by atoms with E-state index in [1.54, 1.807) is 38.3 Å². The van der Waals surface area contributed by atoms with Crippen LogP contribution < -0.4 is 4.74 Å². The Bertz CT molecular complexity index is 511. The summed E-state index contributed by atoms with van der Waals surface area (Å²) in [5.41, 5.74) is -0.467. The smallest absolute Gasteiger partial charge is 0.338 e. The molecule has 108 valence electrons. The van der Waals surface area contributed by atoms with Crippen molar-refractivity contribution in [1.82, 2.24) is 0 Å². The monoisotopic (exact) mass is 279 g/mol. The number of methoxy groups -OCH3 is 1. The van der Waals surface area contributed by atoms with Gasteiger partial charge in [-0.2, -0.15) is 0 Å². The molecule has 0 aliphatic carbocycles. The Hall–Kier alpha value is -2.08. The zero-order valence-corrected chi connectivity index (χ0v) is 11.5. The average Bonchev–Trinajstić information content (AvgIpc) is 2.87. The van der Waals surface area contributed by atoms with Gasteiger partial charge in [0.15, 0.2) is 11.4 Å². The molecule has 1 aliphatic rings. The van der Waals surface area contributed by atoms with Gasteiger partial charge in [-0.05, 0) is 24.3 Å². The van der Waals surface area contributed by atoms with Crippen molar-refractivity contribution < 1.29 is 24.1 Å². The summed E-state index contributed by atoms with van der Waals surface area (Å²) in [6.45, 7) is 1.65. The van der Waals surface area contributed by atoms with Crippen LogP contribution in [0.1, 0.15) is 17.3 Å². The van der Waals surface area contributed by atoms with Crippen LogP contribution in [0.25, 0.3) is 0 Å². The van der Waals surface area contributed by atoms with Crippen LogP contribution in [0.2, 0.25) is 0 Å². The van der Waals surface area contributed by atoms with Crippen molar-refractivity contribution in [3.05, 3.63) is 29.8 Å². The summed E-state index contributed by atoms with van der Waals surface area (Å²) >= 11 is 0. The number of carbonyl (C=O) groups excluding carboxylic acids is 1. The predicted molar refractivity (Wildman–Crippen MR) is 72.2 cm³/mol. The van der Waals surface area contributed by atoms with Gasteiger partial charge < -0.3 is 19.3 Å². The van der Waals surface area contributed by atoms with Crippen LogP contribution in [-0.2, 0) is 9.47 Å². The summed E-state index contributed by atoms with van der Waals surface area (Å²) in [6.07, 6.45) is 0. The lowest BCUT2D eigenvalue weighted by Crippen LogP contribution is -2.39. The molecule has 1 N–H and O–H groups in total. The third-order valence-corrected chi connectivity index (χ3v) is 3.04. The Morgan fingerprint density at radius 3 is 2.65 bits per heavy atom. The molecule has 1 atom stereocenters. The highest BCUT2D eigenvalue weighted by molar-refractivity contribution is 5.89. The number of aliphatic hydroxyl groups excluding tert-OH is 1. The van der Waals surface area contributed by atoms with E-state index in [1.807, 2.05) is 0 Å². The highest BCUT2D eigenvalue weighted by atomic mass is 16.5. The van der Waals surface area contributed by atoms with Gasteiger partial charge in [0, 0.05) is 6.92 Å². The van der Waals surface area contributed by atoms with Gasteiger partial charge in [0.25, 0.3) is 0 Å². The van der Waals surface area contributed by atoms with Crippen LogP contribution in [-0.4, -0.2) is 49.4 Å². The molecule has 0 spiro atoms. The highest BCUT2D eigenvalue weighted by Gasteiger charge is 2.36. The minimum absolute atomic E-state index is 0.0221. The fraction of sp³-hybridized carbons (Fsp3) is 0.429. The van der Waals surface area contributed by atoms with Crippen LogP contribution in [0.3, 0.4) is 0 Å². The van der Waals surface area contributed by atoms with Crippen molar-refractivity contribution in [3.63, 3.8) is 0 Å². The molecule has 0 saturated heterocycles. The van der Waals surface area contributed by atoms with Crippen LogP contribution in [0.4, 0.5) is 0 Å². The minimum atomic E-state index is -0.883. The summed E-state index contributed by atoms with van der Waals surface area (Å²) in [4.78, 5) is 16.1. The van der Waals surface area contributed by atoms with E-state index < -0.39 is 11.5 Å². The van der Waals surface area contributed by atoms with Gasteiger partial charge >= 0.3 is 5.97 Å². The molecule has 0 radical (unpaired) electrons. The molecule has 1 heterocycles. The third kappa shape index (κ3) is 3.08. The zero-order valence-electron chi connectivity index (χ0n) is 11.5. The lowest BCUT2D eigenvalue weighted by Gasteiger charge is -2.20. The number of esters is 1. The van der Waals surface area contributed by atoms with E-state index in [0.29, 0.717) is 17.2 Å². The standard InChI is InChI=1S/C14H17NO5/c1-10-15-14(7-16,8-19-10)9-20-13(17)11-3-5-12(18-2)6-4-11/h3-6,16H,7-9H2,1-2H3. The van der Waals surface area contributed by atoms with Crippen molar-refractivity contribution >= 4 is 11.9 Å². The largest absolute Gasteiger partial charge is 0.497 e. The maximum absolute atomic E-state index is 11.9. The van der Waals surface area contributed by atoms with Gasteiger partial charge in [0.05, 0.1) is 19.3 Å². The summed E-state index contributed by atoms with van der Waals surface area (Å²) < 4.78 is 15.4. The molecule has 0 fully saturated rings. The topological polar surface area (TPSA) is 77.4 Å². The number of rotatable bonds is 5. The molecular formula is C14H17NO5. The molecule has 20 heavy (non-hydrogen) atoms. The van der Waals surface area contributed by atoms with Crippen molar-refractivity contribution in [2.45, 2.75) is 12.5 Å². The van der Waals surface area contributed by atoms with Crippen LogP contribution in [0.15, 0.2) is 29.3 Å². The predicted octanol–water partition coefficient (Wildman–Crippen LogP) is 1.03. The van der Waals surface area contributed by atoms with E-state index in [9.17, 15) is 9.90 Å².